The summed E-state index contributed by atoms with van der Waals surface area (Å²) in [4.78, 5) is 4.85. The van der Waals surface area contributed by atoms with Crippen LogP contribution in [0.15, 0.2) is 90.6 Å². The first-order valence-corrected chi connectivity index (χ1v) is 19.2. The van der Waals surface area contributed by atoms with Crippen LogP contribution in [0.2, 0.25) is 0 Å². The van der Waals surface area contributed by atoms with Crippen LogP contribution >= 0.6 is 0 Å². The minimum Gasteiger partial charge on any atom is -0.457 e. The van der Waals surface area contributed by atoms with Crippen LogP contribution in [-0.2, 0) is 12.8 Å². The molecule has 264 valence electrons. The molecule has 3 aromatic heterocycles. The standard InChI is InChI=1S/C46H54N4O/c1-9-11-16-42-46(45-31(6)22-30(5)23-32(45)7)33(8)48-50(42)36-25-35(29(3)4)26-38(27-36)51-37-18-19-40-39-15-12-13-17-41(39)49(43(40)28-37)44-24-34(14-10-2)20-21-47-44/h12-13,15,17-22,24-30,32,45H,9-11,14,16,23H2,1-8H3/t30-,32-,45?/m0/s1. The van der Waals surface area contributed by atoms with Crippen molar-refractivity contribution in [3.8, 4) is 23.0 Å². The lowest BCUT2D eigenvalue weighted by Crippen LogP contribution is -2.21. The highest BCUT2D eigenvalue weighted by atomic mass is 16.5. The van der Waals surface area contributed by atoms with Gasteiger partial charge in [-0.2, -0.15) is 5.10 Å². The van der Waals surface area contributed by atoms with Crippen molar-refractivity contribution in [3.05, 3.63) is 119 Å². The van der Waals surface area contributed by atoms with Gasteiger partial charge >= 0.3 is 0 Å². The van der Waals surface area contributed by atoms with E-state index < -0.39 is 0 Å². The first-order chi connectivity index (χ1) is 24.7. The third-order valence-corrected chi connectivity index (χ3v) is 10.9. The first kappa shape index (κ1) is 34.8. The minimum atomic E-state index is 0.332. The Morgan fingerprint density at radius 2 is 1.65 bits per heavy atom. The summed E-state index contributed by atoms with van der Waals surface area (Å²) in [5.74, 6) is 4.50. The maximum Gasteiger partial charge on any atom is 0.137 e. The smallest absolute Gasteiger partial charge is 0.137 e. The molecular weight excluding hydrogens is 625 g/mol. The number of nitrogens with zero attached hydrogens (tertiary/aromatic N) is 4. The number of hydrogen-bond acceptors (Lipinski definition) is 3. The van der Waals surface area contributed by atoms with Crippen molar-refractivity contribution in [2.45, 2.75) is 106 Å². The number of fused-ring (bicyclic) bond motifs is 3. The van der Waals surface area contributed by atoms with E-state index in [0.717, 1.165) is 71.8 Å². The molecule has 1 aliphatic rings. The predicted octanol–water partition coefficient (Wildman–Crippen LogP) is 12.6. The summed E-state index contributed by atoms with van der Waals surface area (Å²) in [6.07, 6.45) is 11.1. The Balaban J connectivity index is 1.33. The monoisotopic (exact) mass is 678 g/mol. The van der Waals surface area contributed by atoms with Crippen LogP contribution in [0.1, 0.15) is 114 Å². The maximum absolute atomic E-state index is 6.82. The van der Waals surface area contributed by atoms with Crippen molar-refractivity contribution >= 4 is 21.8 Å². The quantitative estimate of drug-likeness (QED) is 0.128. The van der Waals surface area contributed by atoms with E-state index in [1.807, 2.05) is 6.20 Å². The Kier molecular flexibility index (Phi) is 9.92. The highest BCUT2D eigenvalue weighted by molar-refractivity contribution is 6.09. The first-order valence-electron chi connectivity index (χ1n) is 19.2. The van der Waals surface area contributed by atoms with Crippen LogP contribution in [0.3, 0.4) is 0 Å². The molecule has 0 N–H and O–H groups in total. The third-order valence-electron chi connectivity index (χ3n) is 10.9. The number of aryl methyl sites for hydroxylation is 2. The van der Waals surface area contributed by atoms with Gasteiger partial charge in [0.25, 0.3) is 0 Å². The molecule has 0 bridgehead atoms. The fourth-order valence-electron chi connectivity index (χ4n) is 8.64. The topological polar surface area (TPSA) is 44.9 Å². The second-order valence-corrected chi connectivity index (χ2v) is 15.4. The largest absolute Gasteiger partial charge is 0.457 e. The number of rotatable bonds is 11. The van der Waals surface area contributed by atoms with E-state index >= 15 is 0 Å². The molecule has 51 heavy (non-hydrogen) atoms. The number of pyridine rings is 1. The lowest BCUT2D eigenvalue weighted by atomic mass is 9.72. The van der Waals surface area contributed by atoms with Crippen molar-refractivity contribution < 1.29 is 4.74 Å². The molecule has 6 aromatic rings. The Bertz CT molecular complexity index is 2220. The van der Waals surface area contributed by atoms with Crippen molar-refractivity contribution in [1.29, 1.82) is 0 Å². The molecule has 1 unspecified atom stereocenters. The molecule has 5 nitrogen and oxygen atoms in total. The molecule has 0 amide bonds. The average molecular weight is 679 g/mol. The summed E-state index contributed by atoms with van der Waals surface area (Å²) >= 11 is 0. The summed E-state index contributed by atoms with van der Waals surface area (Å²) in [6.45, 7) is 18.3. The van der Waals surface area contributed by atoms with E-state index in [1.165, 1.54) is 45.2 Å². The lowest BCUT2D eigenvalue weighted by Gasteiger charge is -2.32. The van der Waals surface area contributed by atoms with E-state index in [4.69, 9.17) is 14.8 Å². The number of para-hydroxylation sites is 1. The Hall–Kier alpha value is -4.64. The number of benzene rings is 3. The molecule has 3 heterocycles. The van der Waals surface area contributed by atoms with Crippen molar-refractivity contribution in [3.63, 3.8) is 0 Å². The van der Waals surface area contributed by atoms with Crippen molar-refractivity contribution in [2.24, 2.45) is 11.8 Å². The van der Waals surface area contributed by atoms with Crippen LogP contribution in [0.5, 0.6) is 11.5 Å². The number of ether oxygens (including phenoxy) is 1. The highest BCUT2D eigenvalue weighted by Gasteiger charge is 2.32. The second-order valence-electron chi connectivity index (χ2n) is 15.4. The Morgan fingerprint density at radius 3 is 2.41 bits per heavy atom. The average Bonchev–Trinajstić information content (AvgIpc) is 3.60. The number of allylic oxidation sites excluding steroid dienone is 2. The molecule has 0 saturated heterocycles. The Labute approximate surface area is 304 Å². The molecule has 7 rings (SSSR count). The van der Waals surface area contributed by atoms with Crippen LogP contribution in [0.25, 0.3) is 33.3 Å². The highest BCUT2D eigenvalue weighted by Crippen LogP contribution is 2.44. The molecule has 0 radical (unpaired) electrons. The number of unbranched alkanes of at least 4 members (excludes halogenated alkanes) is 1. The molecule has 0 spiro atoms. The molecule has 1 aliphatic carbocycles. The minimum absolute atomic E-state index is 0.332. The normalized spacial score (nSPS) is 17.8. The molecule has 0 aliphatic heterocycles. The van der Waals surface area contributed by atoms with Crippen LogP contribution in [-0.4, -0.2) is 19.3 Å². The fraction of sp³-hybridized carbons (Fsp3) is 0.391. The van der Waals surface area contributed by atoms with E-state index in [-0.39, 0.29) is 0 Å². The van der Waals surface area contributed by atoms with E-state index in [2.05, 4.69) is 144 Å². The van der Waals surface area contributed by atoms with E-state index in [9.17, 15) is 0 Å². The van der Waals surface area contributed by atoms with Crippen molar-refractivity contribution in [2.75, 3.05) is 0 Å². The summed E-state index contributed by atoms with van der Waals surface area (Å²) in [5, 5.41) is 7.70. The molecule has 0 saturated carbocycles. The molecule has 3 aromatic carbocycles. The predicted molar refractivity (Wildman–Crippen MR) is 213 cm³/mol. The van der Waals surface area contributed by atoms with Gasteiger partial charge in [0, 0.05) is 46.3 Å². The van der Waals surface area contributed by atoms with E-state index in [1.54, 1.807) is 0 Å². The fourth-order valence-corrected chi connectivity index (χ4v) is 8.64. The summed E-state index contributed by atoms with van der Waals surface area (Å²) < 4.78 is 11.4. The van der Waals surface area contributed by atoms with Gasteiger partial charge in [0.1, 0.15) is 17.3 Å². The zero-order chi connectivity index (χ0) is 35.8. The summed E-state index contributed by atoms with van der Waals surface area (Å²) in [6, 6.07) is 26.1. The number of aromatic nitrogens is 4. The zero-order valence-electron chi connectivity index (χ0n) is 31.8. The SMILES string of the molecule is CCCCc1c(C2C(C)=C[C@H](C)C[C@@H]2C)c(C)nn1-c1cc(Oc2ccc3c4ccccc4n(-c4cc(CCC)ccn4)c3c2)cc(C(C)C)c1. The molecule has 0 fully saturated rings. The van der Waals surface area contributed by atoms with Gasteiger partial charge in [0.15, 0.2) is 0 Å². The van der Waals surface area contributed by atoms with Gasteiger partial charge < -0.3 is 4.74 Å². The van der Waals surface area contributed by atoms with Crippen LogP contribution in [0.4, 0.5) is 0 Å². The van der Waals surface area contributed by atoms with Crippen molar-refractivity contribution in [1.82, 2.24) is 19.3 Å². The van der Waals surface area contributed by atoms with Gasteiger partial charge in [-0.25, -0.2) is 9.67 Å². The second kappa shape index (κ2) is 14.5. The van der Waals surface area contributed by atoms with Crippen LogP contribution in [0, 0.1) is 18.8 Å². The van der Waals surface area contributed by atoms with Gasteiger partial charge in [-0.15, -0.1) is 0 Å². The van der Waals surface area contributed by atoms with Gasteiger partial charge in [-0.3, -0.25) is 4.57 Å². The lowest BCUT2D eigenvalue weighted by molar-refractivity contribution is 0.389. The summed E-state index contributed by atoms with van der Waals surface area (Å²) in [7, 11) is 0. The maximum atomic E-state index is 6.82. The zero-order valence-corrected chi connectivity index (χ0v) is 31.8. The van der Waals surface area contributed by atoms with E-state index in [0.29, 0.717) is 23.7 Å². The number of hydrogen-bond donors (Lipinski definition) is 0. The van der Waals surface area contributed by atoms with Gasteiger partial charge in [-0.05, 0) is 111 Å². The van der Waals surface area contributed by atoms with Crippen LogP contribution < -0.4 is 4.74 Å². The van der Waals surface area contributed by atoms with Gasteiger partial charge in [0.2, 0.25) is 0 Å². The molecular formula is C46H54N4O. The molecule has 5 heteroatoms. The Morgan fingerprint density at radius 1 is 0.843 bits per heavy atom. The summed E-state index contributed by atoms with van der Waals surface area (Å²) in [5.41, 5.74) is 11.3. The third kappa shape index (κ3) is 6.76. The molecule has 3 atom stereocenters. The van der Waals surface area contributed by atoms with Gasteiger partial charge in [0.05, 0.1) is 22.4 Å². The van der Waals surface area contributed by atoms with Gasteiger partial charge in [-0.1, -0.05) is 84.2 Å².